The molecule has 0 spiro atoms. The maximum atomic E-state index is 14.2. The summed E-state index contributed by atoms with van der Waals surface area (Å²) in [7, 11) is -13.8. The van der Waals surface area contributed by atoms with E-state index in [2.05, 4.69) is 0 Å². The van der Waals surface area contributed by atoms with Crippen molar-refractivity contribution in [3.05, 3.63) is 0 Å². The summed E-state index contributed by atoms with van der Waals surface area (Å²) in [5.74, 6) is 0. The van der Waals surface area contributed by atoms with E-state index in [4.69, 9.17) is 36.2 Å². The first-order valence-corrected chi connectivity index (χ1v) is 23.3. The van der Waals surface area contributed by atoms with E-state index in [-0.39, 0.29) is 45.3 Å². The highest BCUT2D eigenvalue weighted by Crippen LogP contribution is 2.65. The average Bonchev–Trinajstić information content (AvgIpc) is 2.96. The van der Waals surface area contributed by atoms with Crippen LogP contribution in [0.2, 0.25) is 0 Å². The fourth-order valence-corrected chi connectivity index (χ4v) is 13.6. The lowest BCUT2D eigenvalue weighted by atomic mass is 10.0. The summed E-state index contributed by atoms with van der Waals surface area (Å²) in [5.41, 5.74) is -1.88. The van der Waals surface area contributed by atoms with Crippen LogP contribution >= 0.6 is 30.7 Å². The van der Waals surface area contributed by atoms with Crippen molar-refractivity contribution in [2.75, 3.05) is 52.9 Å². The molecule has 0 bridgehead atoms. The molecule has 0 aromatic heterocycles. The van der Waals surface area contributed by atoms with Crippen molar-refractivity contribution < 1.29 is 54.8 Å². The molecule has 0 aliphatic heterocycles. The van der Waals surface area contributed by atoms with Gasteiger partial charge >= 0.3 is 30.7 Å². The van der Waals surface area contributed by atoms with Gasteiger partial charge in [0.25, 0.3) is 0 Å². The van der Waals surface area contributed by atoms with Gasteiger partial charge < -0.3 is 27.1 Å². The lowest BCUT2D eigenvalue weighted by molar-refractivity contribution is 0.179. The van der Waals surface area contributed by atoms with Gasteiger partial charge in [0.05, 0.1) is 69.8 Å². The van der Waals surface area contributed by atoms with E-state index in [9.17, 15) is 18.6 Å². The minimum absolute atomic E-state index is 0.190. The lowest BCUT2D eigenvalue weighted by Gasteiger charge is -2.32. The molecule has 1 N–H and O–H groups in total. The lowest BCUT2D eigenvalue weighted by Crippen LogP contribution is -2.23. The van der Waals surface area contributed by atoms with Gasteiger partial charge in [-0.3, -0.25) is 13.7 Å². The minimum atomic E-state index is -3.62. The summed E-state index contributed by atoms with van der Waals surface area (Å²) < 4.78 is 87.8. The second-order valence-electron chi connectivity index (χ2n) is 10.5. The summed E-state index contributed by atoms with van der Waals surface area (Å²) in [6.45, 7) is 19.9. The first-order chi connectivity index (χ1) is 21.3. The zero-order chi connectivity index (χ0) is 34.6. The Kier molecular flexibility index (Phi) is 24.4. The van der Waals surface area contributed by atoms with Crippen LogP contribution in [0.5, 0.6) is 0 Å². The van der Waals surface area contributed by atoms with Gasteiger partial charge in [-0.05, 0) is 107 Å². The zero-order valence-electron chi connectivity index (χ0n) is 29.6. The third-order valence-corrected chi connectivity index (χ3v) is 18.1. The van der Waals surface area contributed by atoms with Crippen LogP contribution in [-0.2, 0) is 49.9 Å². The molecule has 0 saturated carbocycles. The molecule has 0 fully saturated rings. The normalized spacial score (nSPS) is 16.1. The number of hydrogen-bond acceptors (Lipinski definition) is 12. The molecule has 45 heavy (non-hydrogen) atoms. The Morgan fingerprint density at radius 3 is 1.00 bits per heavy atom. The predicted molar refractivity (Wildman–Crippen MR) is 184 cm³/mol. The summed E-state index contributed by atoms with van der Waals surface area (Å²) in [6, 6.07) is 0. The van der Waals surface area contributed by atoms with Crippen LogP contribution < -0.4 is 0 Å². The van der Waals surface area contributed by atoms with Crippen LogP contribution in [0.1, 0.15) is 114 Å². The highest BCUT2D eigenvalue weighted by Gasteiger charge is 2.48. The Balaban J connectivity index is 6.44. The Labute approximate surface area is 274 Å². The Morgan fingerprint density at radius 1 is 0.467 bits per heavy atom. The largest absolute Gasteiger partial charge is 0.411 e. The van der Waals surface area contributed by atoms with E-state index in [1.54, 1.807) is 55.4 Å². The van der Waals surface area contributed by atoms with E-state index < -0.39 is 47.7 Å². The maximum Gasteiger partial charge on any atom is 0.411 e. The molecule has 0 radical (unpaired) electrons. The van der Waals surface area contributed by atoms with Gasteiger partial charge in [0.2, 0.25) is 0 Å². The first kappa shape index (κ1) is 45.8. The molecule has 0 saturated heterocycles. The van der Waals surface area contributed by atoms with Crippen molar-refractivity contribution in [1.82, 2.24) is 0 Å². The van der Waals surface area contributed by atoms with Crippen LogP contribution in [-0.4, -0.2) is 80.4 Å². The SMILES string of the molecule is CCOP(=O)(OCC)C(CC)CCC(CCC(CCC(C)[P+](O)(OCC)OCC)P(=O)(OCC)OCC)P(=O)(OCC)OCC. The van der Waals surface area contributed by atoms with Crippen molar-refractivity contribution in [3.63, 3.8) is 0 Å². The molecule has 0 aromatic rings. The van der Waals surface area contributed by atoms with E-state index in [0.29, 0.717) is 58.2 Å². The molecular weight excluding hydrogens is 664 g/mol. The summed E-state index contributed by atoms with van der Waals surface area (Å²) in [5, 5.41) is 0. The second kappa shape index (κ2) is 24.0. The smallest absolute Gasteiger partial charge is 0.309 e. The molecule has 16 heteroatoms. The fourth-order valence-electron chi connectivity index (χ4n) is 5.36. The van der Waals surface area contributed by atoms with Gasteiger partial charge in [-0.2, -0.15) is 13.9 Å². The quantitative estimate of drug-likeness (QED) is 0.0702. The van der Waals surface area contributed by atoms with Crippen LogP contribution in [0, 0.1) is 0 Å². The van der Waals surface area contributed by atoms with E-state index in [1.165, 1.54) is 0 Å². The Bertz CT molecular complexity index is 872. The third kappa shape index (κ3) is 15.0. The van der Waals surface area contributed by atoms with Crippen molar-refractivity contribution in [2.24, 2.45) is 0 Å². The summed E-state index contributed by atoms with van der Waals surface area (Å²) in [6.07, 6.45) is 2.85. The van der Waals surface area contributed by atoms with Crippen LogP contribution in [0.3, 0.4) is 0 Å². The van der Waals surface area contributed by atoms with E-state index in [1.807, 2.05) is 13.8 Å². The molecule has 0 aliphatic carbocycles. The van der Waals surface area contributed by atoms with E-state index in [0.717, 1.165) is 0 Å². The fraction of sp³-hybridized carbons (Fsp3) is 1.00. The van der Waals surface area contributed by atoms with Crippen LogP contribution in [0.25, 0.3) is 0 Å². The van der Waals surface area contributed by atoms with Crippen molar-refractivity contribution in [1.29, 1.82) is 0 Å². The van der Waals surface area contributed by atoms with Gasteiger partial charge in [-0.1, -0.05) is 6.92 Å². The van der Waals surface area contributed by atoms with E-state index >= 15 is 0 Å². The average molecular weight is 730 g/mol. The first-order valence-electron chi connectivity index (χ1n) is 16.8. The molecule has 0 rings (SSSR count). The predicted octanol–water partition coefficient (Wildman–Crippen LogP) is 9.86. The van der Waals surface area contributed by atoms with Crippen molar-refractivity contribution >= 4 is 30.7 Å². The van der Waals surface area contributed by atoms with Crippen LogP contribution in [0.4, 0.5) is 0 Å². The Morgan fingerprint density at radius 2 is 0.733 bits per heavy atom. The molecule has 272 valence electrons. The molecule has 12 nitrogen and oxygen atoms in total. The highest BCUT2D eigenvalue weighted by atomic mass is 31.2. The minimum Gasteiger partial charge on any atom is -0.309 e. The van der Waals surface area contributed by atoms with Gasteiger partial charge in [-0.15, -0.1) is 0 Å². The zero-order valence-corrected chi connectivity index (χ0v) is 33.2. The molecule has 0 aliphatic rings. The van der Waals surface area contributed by atoms with Crippen LogP contribution in [0.15, 0.2) is 0 Å². The van der Waals surface area contributed by atoms with Crippen molar-refractivity contribution in [2.45, 2.75) is 137 Å². The maximum absolute atomic E-state index is 14.2. The number of hydrogen-bond donors (Lipinski definition) is 1. The Hall–Kier alpha value is 0.760. The molecule has 0 aromatic carbocycles. The third-order valence-electron chi connectivity index (χ3n) is 7.44. The van der Waals surface area contributed by atoms with Gasteiger partial charge in [0.15, 0.2) is 0 Å². The topological polar surface area (TPSA) is 145 Å². The highest BCUT2D eigenvalue weighted by molar-refractivity contribution is 7.61. The van der Waals surface area contributed by atoms with Gasteiger partial charge in [-0.25, -0.2) is 0 Å². The molecule has 0 amide bonds. The molecule has 4 unspecified atom stereocenters. The monoisotopic (exact) mass is 729 g/mol. The molecule has 4 atom stereocenters. The molecule has 0 heterocycles. The molecular formula is C29H65O12P4+. The van der Waals surface area contributed by atoms with Gasteiger partial charge in [0.1, 0.15) is 5.66 Å². The second-order valence-corrected chi connectivity index (χ2v) is 20.0. The standard InChI is InChI=1S/C29H65O12P4/c1-11-27(43(31,36-14-4)37-15-5)22-23-29(45(33,40-18-8)41-19-9)25-24-28(44(32,38-16-6)39-17-7)21-20-26(10)42(30,34-12-2)35-13-3/h26-30H,11-25H2,1-10H3/q+1. The summed E-state index contributed by atoms with van der Waals surface area (Å²) >= 11 is 0. The summed E-state index contributed by atoms with van der Waals surface area (Å²) in [4.78, 5) is 11.2. The van der Waals surface area contributed by atoms with Gasteiger partial charge in [0, 0.05) is 0 Å². The van der Waals surface area contributed by atoms with Crippen molar-refractivity contribution in [3.8, 4) is 0 Å². The number of rotatable bonds is 30.